The van der Waals surface area contributed by atoms with Crippen LogP contribution >= 0.6 is 11.8 Å². The molecule has 7 heteroatoms. The van der Waals surface area contributed by atoms with Crippen LogP contribution in [0.3, 0.4) is 0 Å². The Balaban J connectivity index is 2.84. The first-order valence-electron chi connectivity index (χ1n) is 6.12. The topological polar surface area (TPSA) is 116 Å². The van der Waals surface area contributed by atoms with E-state index in [9.17, 15) is 15.6 Å². The van der Waals surface area contributed by atoms with Crippen LogP contribution in [0.15, 0.2) is 23.2 Å². The van der Waals surface area contributed by atoms with Gasteiger partial charge in [0.25, 0.3) is 0 Å². The van der Waals surface area contributed by atoms with Crippen molar-refractivity contribution in [1.82, 2.24) is 4.98 Å². The van der Waals surface area contributed by atoms with Crippen molar-refractivity contribution in [3.05, 3.63) is 29.3 Å². The van der Waals surface area contributed by atoms with Gasteiger partial charge in [-0.05, 0) is 24.0 Å². The molecule has 3 N–H and O–H groups in total. The Labute approximate surface area is 131 Å². The predicted octanol–water partition coefficient (Wildman–Crippen LogP) is 2.51. The van der Waals surface area contributed by atoms with Crippen molar-refractivity contribution in [3.8, 4) is 34.8 Å². The summed E-state index contributed by atoms with van der Waals surface area (Å²) in [5.74, 6) is 0.262. The number of nitrogens with two attached hydrogens (primary N) is 1. The van der Waals surface area contributed by atoms with E-state index in [-0.39, 0.29) is 22.7 Å². The number of anilines is 1. The highest BCUT2D eigenvalue weighted by Gasteiger charge is 2.20. The van der Waals surface area contributed by atoms with Gasteiger partial charge < -0.3 is 15.6 Å². The number of phenolic OH excluding ortho intramolecular Hbond substituents is 1. The molecule has 0 atom stereocenters. The quantitative estimate of drug-likeness (QED) is 0.836. The molecule has 6 nitrogen and oxygen atoms in total. The standard InChI is InChI=1S/C15H12N4O2S/c1-21-12-4-3-8(5-11(12)20)13-9(6-16)14(18)19-15(22-2)10(13)7-17/h3-5,20H,1-2H3,(H2,18,19). The van der Waals surface area contributed by atoms with E-state index in [0.717, 1.165) is 0 Å². The lowest BCUT2D eigenvalue weighted by Gasteiger charge is -2.13. The average molecular weight is 312 g/mol. The third-order valence-corrected chi connectivity index (χ3v) is 3.76. The van der Waals surface area contributed by atoms with Crippen LogP contribution in [-0.2, 0) is 0 Å². The van der Waals surface area contributed by atoms with Gasteiger partial charge in [-0.3, -0.25) is 0 Å². The van der Waals surface area contributed by atoms with Gasteiger partial charge >= 0.3 is 0 Å². The molecule has 0 unspecified atom stereocenters. The first kappa shape index (κ1) is 15.5. The maximum Gasteiger partial charge on any atom is 0.160 e. The molecule has 0 saturated carbocycles. The fourth-order valence-electron chi connectivity index (χ4n) is 2.08. The molecule has 0 saturated heterocycles. The Bertz CT molecular complexity index is 822. The van der Waals surface area contributed by atoms with Crippen LogP contribution in [0.2, 0.25) is 0 Å². The maximum absolute atomic E-state index is 9.93. The molecule has 0 amide bonds. The molecule has 0 radical (unpaired) electrons. The fraction of sp³-hybridized carbons (Fsp3) is 0.133. The second-order valence-corrected chi connectivity index (χ2v) is 5.04. The lowest BCUT2D eigenvalue weighted by atomic mass is 9.96. The van der Waals surface area contributed by atoms with E-state index in [1.807, 2.05) is 6.07 Å². The number of methoxy groups -OCH3 is 1. The van der Waals surface area contributed by atoms with Crippen LogP contribution in [0.5, 0.6) is 11.5 Å². The van der Waals surface area contributed by atoms with Crippen LogP contribution in [0, 0.1) is 22.7 Å². The number of pyridine rings is 1. The van der Waals surface area contributed by atoms with Gasteiger partial charge in [0, 0.05) is 5.56 Å². The van der Waals surface area contributed by atoms with E-state index in [4.69, 9.17) is 10.5 Å². The third-order valence-electron chi connectivity index (χ3n) is 3.08. The maximum atomic E-state index is 9.93. The van der Waals surface area contributed by atoms with Crippen molar-refractivity contribution >= 4 is 17.6 Å². The molecule has 22 heavy (non-hydrogen) atoms. The van der Waals surface area contributed by atoms with Crippen molar-refractivity contribution in [2.75, 3.05) is 19.1 Å². The summed E-state index contributed by atoms with van der Waals surface area (Å²) in [6.07, 6.45) is 1.77. The number of ether oxygens (including phenoxy) is 1. The number of nitrogen functional groups attached to an aromatic ring is 1. The molecule has 0 aliphatic carbocycles. The summed E-state index contributed by atoms with van der Waals surface area (Å²) in [4.78, 5) is 4.08. The average Bonchev–Trinajstić information content (AvgIpc) is 2.53. The van der Waals surface area contributed by atoms with Gasteiger partial charge in [-0.1, -0.05) is 6.07 Å². The number of benzene rings is 1. The van der Waals surface area contributed by atoms with E-state index >= 15 is 0 Å². The predicted molar refractivity (Wildman–Crippen MR) is 83.5 cm³/mol. The Kier molecular flexibility index (Phi) is 4.40. The van der Waals surface area contributed by atoms with Crippen molar-refractivity contribution in [1.29, 1.82) is 10.5 Å². The minimum atomic E-state index is -0.0890. The van der Waals surface area contributed by atoms with Gasteiger partial charge in [0.1, 0.15) is 28.5 Å². The van der Waals surface area contributed by atoms with E-state index < -0.39 is 0 Å². The molecule has 0 aliphatic rings. The molecule has 2 rings (SSSR count). The van der Waals surface area contributed by atoms with E-state index in [2.05, 4.69) is 11.1 Å². The second kappa shape index (κ2) is 6.25. The van der Waals surface area contributed by atoms with Crippen molar-refractivity contribution in [2.24, 2.45) is 0 Å². The van der Waals surface area contributed by atoms with Gasteiger partial charge in [0.05, 0.1) is 12.7 Å². The minimum absolute atomic E-state index is 0.0520. The lowest BCUT2D eigenvalue weighted by Crippen LogP contribution is -2.03. The largest absolute Gasteiger partial charge is 0.504 e. The number of rotatable bonds is 3. The molecule has 1 aromatic carbocycles. The Morgan fingerprint density at radius 2 is 1.95 bits per heavy atom. The summed E-state index contributed by atoms with van der Waals surface area (Å²) in [5.41, 5.74) is 7.04. The molecular weight excluding hydrogens is 300 g/mol. The van der Waals surface area contributed by atoms with Gasteiger partial charge in [0.15, 0.2) is 11.5 Å². The van der Waals surface area contributed by atoms with Crippen LogP contribution in [0.4, 0.5) is 5.82 Å². The number of hydrogen-bond donors (Lipinski definition) is 2. The van der Waals surface area contributed by atoms with Gasteiger partial charge in [0.2, 0.25) is 0 Å². The lowest BCUT2D eigenvalue weighted by molar-refractivity contribution is 0.373. The first-order valence-corrected chi connectivity index (χ1v) is 7.34. The highest BCUT2D eigenvalue weighted by molar-refractivity contribution is 7.98. The summed E-state index contributed by atoms with van der Waals surface area (Å²) >= 11 is 1.26. The number of aromatic nitrogens is 1. The van der Waals surface area contributed by atoms with Crippen molar-refractivity contribution in [3.63, 3.8) is 0 Å². The molecule has 1 heterocycles. The number of thioether (sulfide) groups is 1. The highest BCUT2D eigenvalue weighted by Crippen LogP contribution is 2.38. The Morgan fingerprint density at radius 3 is 2.45 bits per heavy atom. The van der Waals surface area contributed by atoms with Gasteiger partial charge in [-0.25, -0.2) is 4.98 Å². The molecule has 1 aromatic heterocycles. The molecule has 0 spiro atoms. The number of hydrogen-bond acceptors (Lipinski definition) is 7. The molecule has 2 aromatic rings. The Hall–Kier alpha value is -2.90. The zero-order valence-electron chi connectivity index (χ0n) is 11.9. The summed E-state index contributed by atoms with van der Waals surface area (Å²) in [5, 5.41) is 29.1. The zero-order chi connectivity index (χ0) is 16.3. The summed E-state index contributed by atoms with van der Waals surface area (Å²) in [7, 11) is 1.44. The normalized spacial score (nSPS) is 9.82. The summed E-state index contributed by atoms with van der Waals surface area (Å²) in [6, 6.07) is 8.68. The SMILES string of the molecule is COc1ccc(-c2c(C#N)c(N)nc(SC)c2C#N)cc1O. The minimum Gasteiger partial charge on any atom is -0.504 e. The Morgan fingerprint density at radius 1 is 1.27 bits per heavy atom. The van der Waals surface area contributed by atoms with Gasteiger partial charge in [-0.2, -0.15) is 10.5 Å². The molecule has 110 valence electrons. The zero-order valence-corrected chi connectivity index (χ0v) is 12.7. The number of nitriles is 2. The molecule has 0 fully saturated rings. The number of nitrogens with zero attached hydrogens (tertiary/aromatic N) is 3. The van der Waals surface area contributed by atoms with Gasteiger partial charge in [-0.15, -0.1) is 11.8 Å². The molecule has 0 bridgehead atoms. The second-order valence-electron chi connectivity index (χ2n) is 4.24. The summed E-state index contributed by atoms with van der Waals surface area (Å²) in [6.45, 7) is 0. The van der Waals surface area contributed by atoms with Crippen molar-refractivity contribution in [2.45, 2.75) is 5.03 Å². The van der Waals surface area contributed by atoms with Crippen LogP contribution in [0.1, 0.15) is 11.1 Å². The molecule has 0 aliphatic heterocycles. The molecular formula is C15H12N4O2S. The van der Waals surface area contributed by atoms with E-state index in [1.54, 1.807) is 18.4 Å². The monoisotopic (exact) mass is 312 g/mol. The van der Waals surface area contributed by atoms with E-state index in [0.29, 0.717) is 21.9 Å². The highest BCUT2D eigenvalue weighted by atomic mass is 32.2. The fourth-order valence-corrected chi connectivity index (χ4v) is 2.62. The van der Waals surface area contributed by atoms with E-state index in [1.165, 1.54) is 24.9 Å². The third kappa shape index (κ3) is 2.50. The smallest absolute Gasteiger partial charge is 0.160 e. The van der Waals surface area contributed by atoms with Crippen LogP contribution < -0.4 is 10.5 Å². The summed E-state index contributed by atoms with van der Waals surface area (Å²) < 4.78 is 5.00. The first-order chi connectivity index (χ1) is 10.6. The number of phenols is 1. The van der Waals surface area contributed by atoms with Crippen LogP contribution in [-0.4, -0.2) is 23.5 Å². The van der Waals surface area contributed by atoms with Crippen molar-refractivity contribution < 1.29 is 9.84 Å². The number of aromatic hydroxyl groups is 1. The van der Waals surface area contributed by atoms with Crippen LogP contribution in [0.25, 0.3) is 11.1 Å².